The highest BCUT2D eigenvalue weighted by Crippen LogP contribution is 2.23. The molecule has 0 fully saturated rings. The predicted molar refractivity (Wildman–Crippen MR) is 91.6 cm³/mol. The monoisotopic (exact) mass is 321 g/mol. The summed E-state index contributed by atoms with van der Waals surface area (Å²) >= 11 is 0. The summed E-state index contributed by atoms with van der Waals surface area (Å²) < 4.78 is 5.97. The number of hydrogen-bond acceptors (Lipinski definition) is 4. The van der Waals surface area contributed by atoms with Gasteiger partial charge in [-0.25, -0.2) is 4.98 Å². The van der Waals surface area contributed by atoms with E-state index < -0.39 is 0 Å². The third kappa shape index (κ3) is 2.90. The highest BCUT2D eigenvalue weighted by molar-refractivity contribution is 5.57. The molecule has 0 saturated carbocycles. The number of rotatable bonds is 3. The molecule has 4 rings (SSSR count). The Morgan fingerprint density at radius 2 is 2.04 bits per heavy atom. The summed E-state index contributed by atoms with van der Waals surface area (Å²) in [6.07, 6.45) is 0.798. The molecular formula is C19H19N3O2. The second kappa shape index (κ2) is 6.09. The number of benzene rings is 1. The predicted octanol–water partition coefficient (Wildman–Crippen LogP) is 2.90. The highest BCUT2D eigenvalue weighted by Gasteiger charge is 2.21. The average Bonchev–Trinajstić information content (AvgIpc) is 3.05. The Morgan fingerprint density at radius 1 is 1.21 bits per heavy atom. The van der Waals surface area contributed by atoms with Gasteiger partial charge in [0.2, 0.25) is 0 Å². The van der Waals surface area contributed by atoms with Crippen LogP contribution in [0.3, 0.4) is 0 Å². The van der Waals surface area contributed by atoms with Crippen molar-refractivity contribution >= 4 is 0 Å². The van der Waals surface area contributed by atoms with Gasteiger partial charge in [0.15, 0.2) is 0 Å². The minimum atomic E-state index is -0.0216. The number of furan rings is 1. The van der Waals surface area contributed by atoms with E-state index in [2.05, 4.69) is 14.9 Å². The van der Waals surface area contributed by atoms with E-state index in [9.17, 15) is 4.79 Å². The van der Waals surface area contributed by atoms with Crippen molar-refractivity contribution in [1.29, 1.82) is 0 Å². The van der Waals surface area contributed by atoms with Crippen molar-refractivity contribution in [3.05, 3.63) is 75.7 Å². The van der Waals surface area contributed by atoms with Crippen LogP contribution in [0.15, 0.2) is 51.7 Å². The van der Waals surface area contributed by atoms with Crippen molar-refractivity contribution < 1.29 is 4.42 Å². The van der Waals surface area contributed by atoms with E-state index in [1.807, 2.05) is 49.4 Å². The van der Waals surface area contributed by atoms with Gasteiger partial charge in [-0.15, -0.1) is 0 Å². The molecule has 0 spiro atoms. The van der Waals surface area contributed by atoms with Crippen molar-refractivity contribution in [1.82, 2.24) is 14.9 Å². The number of H-pyrrole nitrogens is 1. The van der Waals surface area contributed by atoms with E-state index in [0.29, 0.717) is 18.9 Å². The Kier molecular flexibility index (Phi) is 3.78. The zero-order chi connectivity index (χ0) is 16.5. The van der Waals surface area contributed by atoms with E-state index in [0.717, 1.165) is 41.3 Å². The lowest BCUT2D eigenvalue weighted by atomic mass is 10.1. The van der Waals surface area contributed by atoms with E-state index in [1.165, 1.54) is 0 Å². The van der Waals surface area contributed by atoms with Crippen LogP contribution in [0.25, 0.3) is 11.3 Å². The minimum Gasteiger partial charge on any atom is -0.460 e. The number of aromatic nitrogens is 2. The maximum absolute atomic E-state index is 12.1. The molecule has 5 heteroatoms. The number of nitrogens with zero attached hydrogens (tertiary/aromatic N) is 2. The summed E-state index contributed by atoms with van der Waals surface area (Å²) in [7, 11) is 0. The molecule has 1 aliphatic rings. The fraction of sp³-hybridized carbons (Fsp3) is 0.263. The summed E-state index contributed by atoms with van der Waals surface area (Å²) in [5.74, 6) is 2.47. The first-order valence-corrected chi connectivity index (χ1v) is 8.14. The molecule has 0 atom stereocenters. The Morgan fingerprint density at radius 3 is 2.88 bits per heavy atom. The molecule has 0 unspecified atom stereocenters. The lowest BCUT2D eigenvalue weighted by Crippen LogP contribution is -2.35. The number of aromatic amines is 1. The van der Waals surface area contributed by atoms with Gasteiger partial charge in [-0.2, -0.15) is 0 Å². The second-order valence-electron chi connectivity index (χ2n) is 6.17. The summed E-state index contributed by atoms with van der Waals surface area (Å²) in [5.41, 5.74) is 2.76. The van der Waals surface area contributed by atoms with E-state index in [1.54, 1.807) is 0 Å². The van der Waals surface area contributed by atoms with Crippen molar-refractivity contribution in [3.63, 3.8) is 0 Å². The van der Waals surface area contributed by atoms with Crippen molar-refractivity contribution in [2.45, 2.75) is 26.4 Å². The van der Waals surface area contributed by atoms with Gasteiger partial charge in [-0.3, -0.25) is 9.69 Å². The SMILES string of the molecule is Cc1nc2c(c(=O)[nH]1)CN(Cc1ccc(-c3ccccc3)o1)CC2. The molecule has 3 heterocycles. The molecule has 2 aromatic heterocycles. The van der Waals surface area contributed by atoms with Gasteiger partial charge in [0.1, 0.15) is 17.3 Å². The number of nitrogens with one attached hydrogen (secondary N) is 1. The zero-order valence-electron chi connectivity index (χ0n) is 13.6. The van der Waals surface area contributed by atoms with E-state index >= 15 is 0 Å². The number of hydrogen-bond donors (Lipinski definition) is 1. The maximum atomic E-state index is 12.1. The van der Waals surface area contributed by atoms with Crippen molar-refractivity contribution in [2.75, 3.05) is 6.54 Å². The average molecular weight is 321 g/mol. The van der Waals surface area contributed by atoms with Gasteiger partial charge in [-0.1, -0.05) is 30.3 Å². The number of fused-ring (bicyclic) bond motifs is 1. The standard InChI is InChI=1S/C19H19N3O2/c1-13-20-17-9-10-22(12-16(17)19(23)21-13)11-15-7-8-18(24-15)14-5-3-2-4-6-14/h2-8H,9-12H2,1H3,(H,20,21,23). The first kappa shape index (κ1) is 14.9. The van der Waals surface area contributed by atoms with E-state index in [-0.39, 0.29) is 5.56 Å². The third-order valence-corrected chi connectivity index (χ3v) is 4.37. The summed E-state index contributed by atoms with van der Waals surface area (Å²) in [6, 6.07) is 14.1. The van der Waals surface area contributed by atoms with Crippen molar-refractivity contribution in [3.8, 4) is 11.3 Å². The Hall–Kier alpha value is -2.66. The Bertz CT molecular complexity index is 912. The van der Waals surface area contributed by atoms with Crippen LogP contribution in [0.1, 0.15) is 22.8 Å². The minimum absolute atomic E-state index is 0.0216. The first-order chi connectivity index (χ1) is 11.7. The zero-order valence-corrected chi connectivity index (χ0v) is 13.6. The molecule has 1 aromatic carbocycles. The topological polar surface area (TPSA) is 62.1 Å². The number of aryl methyl sites for hydroxylation is 1. The molecule has 0 saturated heterocycles. The van der Waals surface area contributed by atoms with E-state index in [4.69, 9.17) is 4.42 Å². The van der Waals surface area contributed by atoms with Crippen LogP contribution >= 0.6 is 0 Å². The molecule has 0 radical (unpaired) electrons. The molecule has 24 heavy (non-hydrogen) atoms. The van der Waals surface area contributed by atoms with Gasteiger partial charge in [0.25, 0.3) is 5.56 Å². The van der Waals surface area contributed by atoms with Crippen LogP contribution in [0.4, 0.5) is 0 Å². The third-order valence-electron chi connectivity index (χ3n) is 4.37. The maximum Gasteiger partial charge on any atom is 0.255 e. The summed E-state index contributed by atoms with van der Waals surface area (Å²) in [5, 5.41) is 0. The molecule has 3 aromatic rings. The molecule has 1 N–H and O–H groups in total. The van der Waals surface area contributed by atoms with Crippen LogP contribution in [0, 0.1) is 6.92 Å². The quantitative estimate of drug-likeness (QED) is 0.806. The van der Waals surface area contributed by atoms with Crippen LogP contribution in [-0.2, 0) is 19.5 Å². The lowest BCUT2D eigenvalue weighted by Gasteiger charge is -2.26. The molecular weight excluding hydrogens is 302 g/mol. The molecule has 122 valence electrons. The van der Waals surface area contributed by atoms with Gasteiger partial charge in [-0.05, 0) is 19.1 Å². The Labute approximate surface area is 140 Å². The summed E-state index contributed by atoms with van der Waals surface area (Å²) in [4.78, 5) is 21.6. The summed E-state index contributed by atoms with van der Waals surface area (Å²) in [6.45, 7) is 4.01. The van der Waals surface area contributed by atoms with Crippen molar-refractivity contribution in [2.24, 2.45) is 0 Å². The largest absolute Gasteiger partial charge is 0.460 e. The Balaban J connectivity index is 1.51. The van der Waals surface area contributed by atoms with Crippen LogP contribution in [0.5, 0.6) is 0 Å². The molecule has 0 aliphatic carbocycles. The van der Waals surface area contributed by atoms with Crippen LogP contribution in [-0.4, -0.2) is 21.4 Å². The fourth-order valence-electron chi connectivity index (χ4n) is 3.18. The lowest BCUT2D eigenvalue weighted by molar-refractivity contribution is 0.223. The van der Waals surface area contributed by atoms with Gasteiger partial charge in [0.05, 0.1) is 17.8 Å². The van der Waals surface area contributed by atoms with Gasteiger partial charge in [0, 0.05) is 25.1 Å². The van der Waals surface area contributed by atoms with Gasteiger partial charge >= 0.3 is 0 Å². The smallest absolute Gasteiger partial charge is 0.255 e. The first-order valence-electron chi connectivity index (χ1n) is 8.14. The fourth-order valence-corrected chi connectivity index (χ4v) is 3.18. The van der Waals surface area contributed by atoms with Gasteiger partial charge < -0.3 is 9.40 Å². The molecule has 1 aliphatic heterocycles. The normalized spacial score (nSPS) is 14.5. The van der Waals surface area contributed by atoms with Crippen LogP contribution in [0.2, 0.25) is 0 Å². The highest BCUT2D eigenvalue weighted by atomic mass is 16.3. The molecule has 5 nitrogen and oxygen atoms in total. The second-order valence-corrected chi connectivity index (χ2v) is 6.17. The van der Waals surface area contributed by atoms with Crippen LogP contribution < -0.4 is 5.56 Å². The molecule has 0 amide bonds. The molecule has 0 bridgehead atoms.